The Morgan fingerprint density at radius 3 is 2.58 bits per heavy atom. The molecule has 1 unspecified atom stereocenters. The number of carbonyl (C=O) groups excluding carboxylic acids is 1. The number of thiocarbonyl (C=S) groups is 1. The lowest BCUT2D eigenvalue weighted by molar-refractivity contribution is -0.113. The topological polar surface area (TPSA) is 73.4 Å². The number of amides is 1. The Morgan fingerprint density at radius 1 is 1.15 bits per heavy atom. The number of phenolic OH excluding ortho intramolecular Hbond substituents is 1. The zero-order valence-electron chi connectivity index (χ0n) is 14.9. The lowest BCUT2D eigenvalue weighted by atomic mass is 9.94. The predicted molar refractivity (Wildman–Crippen MR) is 107 cm³/mol. The van der Waals surface area contributed by atoms with Crippen molar-refractivity contribution in [3.63, 3.8) is 0 Å². The number of phenols is 1. The molecule has 1 amide bonds. The summed E-state index contributed by atoms with van der Waals surface area (Å²) < 4.78 is 0. The first kappa shape index (κ1) is 17.9. The van der Waals surface area contributed by atoms with Gasteiger partial charge < -0.3 is 21.1 Å². The first-order valence-electron chi connectivity index (χ1n) is 8.31. The van der Waals surface area contributed by atoms with Crippen molar-refractivity contribution in [3.8, 4) is 5.75 Å². The second-order valence-corrected chi connectivity index (χ2v) is 6.81. The quantitative estimate of drug-likeness (QED) is 0.626. The molecule has 0 saturated carbocycles. The van der Waals surface area contributed by atoms with E-state index in [-0.39, 0.29) is 11.7 Å². The molecule has 4 N–H and O–H groups in total. The predicted octanol–water partition coefficient (Wildman–Crippen LogP) is 3.44. The first-order chi connectivity index (χ1) is 12.4. The zero-order chi connectivity index (χ0) is 18.8. The summed E-state index contributed by atoms with van der Waals surface area (Å²) in [7, 11) is 0. The Kier molecular flexibility index (Phi) is 4.95. The fourth-order valence-electron chi connectivity index (χ4n) is 3.10. The maximum atomic E-state index is 13.0. The van der Waals surface area contributed by atoms with Crippen molar-refractivity contribution in [1.29, 1.82) is 0 Å². The van der Waals surface area contributed by atoms with Crippen LogP contribution < -0.4 is 16.0 Å². The van der Waals surface area contributed by atoms with Gasteiger partial charge in [0.2, 0.25) is 0 Å². The molecule has 0 aromatic heterocycles. The first-order valence-corrected chi connectivity index (χ1v) is 8.72. The van der Waals surface area contributed by atoms with Crippen molar-refractivity contribution >= 4 is 28.9 Å². The molecule has 26 heavy (non-hydrogen) atoms. The van der Waals surface area contributed by atoms with E-state index in [4.69, 9.17) is 12.2 Å². The van der Waals surface area contributed by atoms with Crippen molar-refractivity contribution in [1.82, 2.24) is 10.6 Å². The van der Waals surface area contributed by atoms with Gasteiger partial charge in [0.25, 0.3) is 5.91 Å². The highest BCUT2D eigenvalue weighted by molar-refractivity contribution is 7.80. The van der Waals surface area contributed by atoms with E-state index in [0.29, 0.717) is 21.9 Å². The molecule has 0 fully saturated rings. The van der Waals surface area contributed by atoms with Gasteiger partial charge >= 0.3 is 0 Å². The highest BCUT2D eigenvalue weighted by atomic mass is 32.1. The third kappa shape index (κ3) is 3.55. The van der Waals surface area contributed by atoms with Crippen molar-refractivity contribution in [2.45, 2.75) is 26.8 Å². The Balaban J connectivity index is 1.98. The van der Waals surface area contributed by atoms with Gasteiger partial charge in [-0.1, -0.05) is 35.9 Å². The largest absolute Gasteiger partial charge is 0.508 e. The van der Waals surface area contributed by atoms with Gasteiger partial charge in [0, 0.05) is 16.9 Å². The molecule has 0 spiro atoms. The molecule has 0 bridgehead atoms. The van der Waals surface area contributed by atoms with Crippen molar-refractivity contribution in [2.24, 2.45) is 0 Å². The van der Waals surface area contributed by atoms with Crippen LogP contribution in [0.1, 0.15) is 29.7 Å². The molecule has 3 rings (SSSR count). The molecule has 2 aromatic rings. The molecule has 2 aromatic carbocycles. The van der Waals surface area contributed by atoms with Crippen molar-refractivity contribution in [3.05, 3.63) is 70.4 Å². The van der Waals surface area contributed by atoms with Gasteiger partial charge in [-0.15, -0.1) is 0 Å². The van der Waals surface area contributed by atoms with Gasteiger partial charge in [0.15, 0.2) is 5.11 Å². The van der Waals surface area contributed by atoms with Crippen LogP contribution in [0.5, 0.6) is 5.75 Å². The van der Waals surface area contributed by atoms with Crippen LogP contribution in [0, 0.1) is 13.8 Å². The van der Waals surface area contributed by atoms with Gasteiger partial charge in [-0.3, -0.25) is 4.79 Å². The standard InChI is InChI=1S/C20H21N3O2S/c1-11-8-9-15(12(2)10-11)22-19(25)17-13(3)21-20(26)23-18(17)14-6-4-5-7-16(14)24/h4-10,18,24H,1-3H3,(H,22,25)(H2,21,23,26). The number of nitrogens with one attached hydrogen (secondary N) is 3. The molecule has 0 saturated heterocycles. The van der Waals surface area contributed by atoms with Crippen LogP contribution in [0.15, 0.2) is 53.7 Å². The third-order valence-corrected chi connectivity index (χ3v) is 4.61. The molecule has 6 heteroatoms. The number of aromatic hydroxyl groups is 1. The minimum atomic E-state index is -0.532. The van der Waals surface area contributed by atoms with Gasteiger partial charge in [0.05, 0.1) is 11.6 Å². The van der Waals surface area contributed by atoms with Crippen molar-refractivity contribution in [2.75, 3.05) is 5.32 Å². The van der Waals surface area contributed by atoms with Crippen LogP contribution in [-0.4, -0.2) is 16.1 Å². The Labute approximate surface area is 158 Å². The van der Waals surface area contributed by atoms with E-state index in [0.717, 1.165) is 16.8 Å². The second kappa shape index (κ2) is 7.17. The minimum absolute atomic E-state index is 0.110. The molecule has 1 heterocycles. The number of benzene rings is 2. The van der Waals surface area contributed by atoms with Crippen LogP contribution in [0.4, 0.5) is 5.69 Å². The molecular formula is C20H21N3O2S. The molecule has 1 atom stereocenters. The van der Waals surface area contributed by atoms with Crippen LogP contribution in [0.25, 0.3) is 0 Å². The smallest absolute Gasteiger partial charge is 0.255 e. The van der Waals surface area contributed by atoms with Crippen LogP contribution in [0.2, 0.25) is 0 Å². The lowest BCUT2D eigenvalue weighted by Crippen LogP contribution is -2.45. The van der Waals surface area contributed by atoms with Crippen LogP contribution >= 0.6 is 12.2 Å². The van der Waals surface area contributed by atoms with E-state index in [1.54, 1.807) is 25.1 Å². The van der Waals surface area contributed by atoms with E-state index < -0.39 is 6.04 Å². The summed E-state index contributed by atoms with van der Waals surface area (Å²) in [5.41, 5.74) is 4.62. The Hall–Kier alpha value is -2.86. The van der Waals surface area contributed by atoms with Gasteiger partial charge in [-0.25, -0.2) is 0 Å². The van der Waals surface area contributed by atoms with Gasteiger partial charge in [-0.05, 0) is 50.7 Å². The van der Waals surface area contributed by atoms with E-state index in [9.17, 15) is 9.90 Å². The van der Waals surface area contributed by atoms with E-state index in [1.807, 2.05) is 38.1 Å². The Bertz CT molecular complexity index is 921. The maximum absolute atomic E-state index is 13.0. The summed E-state index contributed by atoms with van der Waals surface area (Å²) in [5.74, 6) is -0.135. The highest BCUT2D eigenvalue weighted by Gasteiger charge is 2.31. The summed E-state index contributed by atoms with van der Waals surface area (Å²) >= 11 is 5.24. The number of hydrogen-bond acceptors (Lipinski definition) is 3. The average Bonchev–Trinajstić information content (AvgIpc) is 2.57. The molecule has 134 valence electrons. The summed E-state index contributed by atoms with van der Waals surface area (Å²) in [4.78, 5) is 13.0. The number of para-hydroxylation sites is 1. The molecule has 0 aliphatic carbocycles. The van der Waals surface area contributed by atoms with Crippen molar-refractivity contribution < 1.29 is 9.90 Å². The van der Waals surface area contributed by atoms with Crippen LogP contribution in [-0.2, 0) is 4.79 Å². The fourth-order valence-corrected chi connectivity index (χ4v) is 3.37. The monoisotopic (exact) mass is 367 g/mol. The molecule has 1 aliphatic rings. The lowest BCUT2D eigenvalue weighted by Gasteiger charge is -2.30. The number of allylic oxidation sites excluding steroid dienone is 1. The normalized spacial score (nSPS) is 16.7. The number of aryl methyl sites for hydroxylation is 2. The zero-order valence-corrected chi connectivity index (χ0v) is 15.7. The summed E-state index contributed by atoms with van der Waals surface area (Å²) in [6, 6.07) is 12.3. The summed E-state index contributed by atoms with van der Waals surface area (Å²) in [6.07, 6.45) is 0. The molecule has 1 aliphatic heterocycles. The number of carbonyl (C=O) groups is 1. The van der Waals surface area contributed by atoms with Gasteiger partial charge in [-0.2, -0.15) is 0 Å². The minimum Gasteiger partial charge on any atom is -0.508 e. The van der Waals surface area contributed by atoms with E-state index in [2.05, 4.69) is 16.0 Å². The maximum Gasteiger partial charge on any atom is 0.255 e. The Morgan fingerprint density at radius 2 is 1.88 bits per heavy atom. The number of rotatable bonds is 3. The fraction of sp³-hybridized carbons (Fsp3) is 0.200. The molecule has 0 radical (unpaired) electrons. The average molecular weight is 367 g/mol. The second-order valence-electron chi connectivity index (χ2n) is 6.40. The molecule has 5 nitrogen and oxygen atoms in total. The van der Waals surface area contributed by atoms with Crippen LogP contribution in [0.3, 0.4) is 0 Å². The van der Waals surface area contributed by atoms with Gasteiger partial charge in [0.1, 0.15) is 5.75 Å². The third-order valence-electron chi connectivity index (χ3n) is 4.39. The number of hydrogen-bond donors (Lipinski definition) is 4. The molecular weight excluding hydrogens is 346 g/mol. The SMILES string of the molecule is CC1=C(C(=O)Nc2ccc(C)cc2C)C(c2ccccc2O)NC(=S)N1. The van der Waals surface area contributed by atoms with E-state index >= 15 is 0 Å². The van der Waals surface area contributed by atoms with E-state index in [1.165, 1.54) is 0 Å². The summed E-state index contributed by atoms with van der Waals surface area (Å²) in [6.45, 7) is 5.77. The highest BCUT2D eigenvalue weighted by Crippen LogP contribution is 2.33. The number of anilines is 1. The summed E-state index contributed by atoms with van der Waals surface area (Å²) in [5, 5.41) is 19.7.